The van der Waals surface area contributed by atoms with Gasteiger partial charge >= 0.3 is 0 Å². The molecule has 0 saturated carbocycles. The highest BCUT2D eigenvalue weighted by Gasteiger charge is 2.09. The molecule has 0 atom stereocenters. The molecule has 0 aliphatic rings. The summed E-state index contributed by atoms with van der Waals surface area (Å²) in [6.07, 6.45) is 0. The lowest BCUT2D eigenvalue weighted by atomic mass is 10.2. The zero-order valence-corrected chi connectivity index (χ0v) is 8.52. The van der Waals surface area contributed by atoms with Crippen LogP contribution < -0.4 is 5.73 Å². The molecular formula is C10H8F2N2S. The summed E-state index contributed by atoms with van der Waals surface area (Å²) < 4.78 is 26.0. The average molecular weight is 226 g/mol. The fourth-order valence-electron chi connectivity index (χ4n) is 1.19. The Hall–Kier alpha value is -1.33. The Morgan fingerprint density at radius 3 is 2.73 bits per heavy atom. The second-order valence-corrected chi connectivity index (χ2v) is 3.83. The monoisotopic (exact) mass is 226 g/mol. The van der Waals surface area contributed by atoms with Crippen LogP contribution in [0.5, 0.6) is 0 Å². The Balaban J connectivity index is 2.44. The lowest BCUT2D eigenvalue weighted by Crippen LogP contribution is -1.96. The fraction of sp³-hybridized carbons (Fsp3) is 0.100. The minimum absolute atomic E-state index is 0.307. The number of halogens is 2. The highest BCUT2D eigenvalue weighted by molar-refractivity contribution is 7.13. The maximum atomic E-state index is 13.3. The van der Waals surface area contributed by atoms with Crippen LogP contribution in [0.1, 0.15) is 5.69 Å². The predicted octanol–water partition coefficient (Wildman–Crippen LogP) is 2.55. The third-order valence-electron chi connectivity index (χ3n) is 1.92. The van der Waals surface area contributed by atoms with Gasteiger partial charge in [-0.05, 0) is 12.1 Å². The summed E-state index contributed by atoms with van der Waals surface area (Å²) in [6, 6.07) is 3.44. The van der Waals surface area contributed by atoms with E-state index in [1.165, 1.54) is 23.5 Å². The lowest BCUT2D eigenvalue weighted by molar-refractivity contribution is 0.585. The van der Waals surface area contributed by atoms with Crippen molar-refractivity contribution in [2.75, 3.05) is 0 Å². The molecule has 0 radical (unpaired) electrons. The largest absolute Gasteiger partial charge is 0.325 e. The number of rotatable bonds is 2. The van der Waals surface area contributed by atoms with Gasteiger partial charge in [-0.3, -0.25) is 0 Å². The van der Waals surface area contributed by atoms with Gasteiger partial charge in [-0.2, -0.15) is 0 Å². The second kappa shape index (κ2) is 4.04. The topological polar surface area (TPSA) is 38.9 Å². The van der Waals surface area contributed by atoms with Gasteiger partial charge in [0.2, 0.25) is 0 Å². The van der Waals surface area contributed by atoms with E-state index in [-0.39, 0.29) is 0 Å². The van der Waals surface area contributed by atoms with Crippen molar-refractivity contribution in [3.8, 4) is 10.6 Å². The number of nitrogens with two attached hydrogens (primary N) is 1. The molecule has 2 rings (SSSR count). The summed E-state index contributed by atoms with van der Waals surface area (Å²) in [6.45, 7) is 0.319. The number of aromatic nitrogens is 1. The molecule has 0 bridgehead atoms. The molecule has 15 heavy (non-hydrogen) atoms. The van der Waals surface area contributed by atoms with E-state index in [1.54, 1.807) is 5.38 Å². The van der Waals surface area contributed by atoms with Gasteiger partial charge in [-0.15, -0.1) is 11.3 Å². The van der Waals surface area contributed by atoms with Crippen molar-refractivity contribution >= 4 is 11.3 Å². The van der Waals surface area contributed by atoms with Gasteiger partial charge in [0.15, 0.2) is 0 Å². The first kappa shape index (κ1) is 10.2. The zero-order valence-electron chi connectivity index (χ0n) is 7.71. The SMILES string of the molecule is NCc1csc(-c2ccc(F)cc2F)n1. The Labute approximate surface area is 89.4 Å². The molecule has 2 N–H and O–H groups in total. The smallest absolute Gasteiger partial charge is 0.136 e. The molecule has 1 aromatic heterocycles. The van der Waals surface area contributed by atoms with Gasteiger partial charge in [0.05, 0.1) is 5.69 Å². The van der Waals surface area contributed by atoms with Crippen LogP contribution in [0.4, 0.5) is 8.78 Å². The normalized spacial score (nSPS) is 10.6. The number of benzene rings is 1. The van der Waals surface area contributed by atoms with Crippen molar-refractivity contribution in [1.82, 2.24) is 4.98 Å². The first-order chi connectivity index (χ1) is 7.20. The molecule has 0 aliphatic carbocycles. The van der Waals surface area contributed by atoms with Crippen LogP contribution in [-0.2, 0) is 6.54 Å². The van der Waals surface area contributed by atoms with Crippen molar-refractivity contribution in [2.24, 2.45) is 5.73 Å². The molecule has 2 nitrogen and oxygen atoms in total. The van der Waals surface area contributed by atoms with Crippen molar-refractivity contribution in [3.63, 3.8) is 0 Å². The van der Waals surface area contributed by atoms with Gasteiger partial charge in [-0.1, -0.05) is 0 Å². The summed E-state index contributed by atoms with van der Waals surface area (Å²) in [5.41, 5.74) is 6.41. The van der Waals surface area contributed by atoms with Crippen LogP contribution in [0, 0.1) is 11.6 Å². The Morgan fingerprint density at radius 2 is 2.13 bits per heavy atom. The minimum atomic E-state index is -0.604. The highest BCUT2D eigenvalue weighted by atomic mass is 32.1. The fourth-order valence-corrected chi connectivity index (χ4v) is 2.05. The van der Waals surface area contributed by atoms with Crippen molar-refractivity contribution in [1.29, 1.82) is 0 Å². The van der Waals surface area contributed by atoms with Gasteiger partial charge in [0.1, 0.15) is 16.6 Å². The molecule has 78 valence electrons. The summed E-state index contributed by atoms with van der Waals surface area (Å²) >= 11 is 1.29. The number of hydrogen-bond acceptors (Lipinski definition) is 3. The predicted molar refractivity (Wildman–Crippen MR) is 55.4 cm³/mol. The summed E-state index contributed by atoms with van der Waals surface area (Å²) in [5, 5.41) is 2.28. The molecule has 0 spiro atoms. The Kier molecular flexibility index (Phi) is 2.75. The third-order valence-corrected chi connectivity index (χ3v) is 2.85. The molecule has 5 heteroatoms. The van der Waals surface area contributed by atoms with Crippen LogP contribution in [0.2, 0.25) is 0 Å². The summed E-state index contributed by atoms with van der Waals surface area (Å²) in [5.74, 6) is -1.19. The highest BCUT2D eigenvalue weighted by Crippen LogP contribution is 2.26. The van der Waals surface area contributed by atoms with Crippen molar-refractivity contribution < 1.29 is 8.78 Å². The molecule has 0 saturated heterocycles. The Morgan fingerprint density at radius 1 is 1.33 bits per heavy atom. The third kappa shape index (κ3) is 2.03. The molecule has 0 aliphatic heterocycles. The van der Waals surface area contributed by atoms with Crippen LogP contribution in [0.15, 0.2) is 23.6 Å². The van der Waals surface area contributed by atoms with Crippen LogP contribution >= 0.6 is 11.3 Å². The maximum absolute atomic E-state index is 13.3. The van der Waals surface area contributed by atoms with E-state index >= 15 is 0 Å². The van der Waals surface area contributed by atoms with Gasteiger partial charge in [0.25, 0.3) is 0 Å². The Bertz CT molecular complexity index is 482. The number of nitrogens with zero attached hydrogens (tertiary/aromatic N) is 1. The van der Waals surface area contributed by atoms with E-state index in [0.29, 0.717) is 22.8 Å². The van der Waals surface area contributed by atoms with Crippen LogP contribution in [0.25, 0.3) is 10.6 Å². The van der Waals surface area contributed by atoms with E-state index in [4.69, 9.17) is 5.73 Å². The van der Waals surface area contributed by atoms with Gasteiger partial charge in [0, 0.05) is 23.6 Å². The van der Waals surface area contributed by atoms with E-state index in [9.17, 15) is 8.78 Å². The zero-order chi connectivity index (χ0) is 10.8. The molecule has 1 aromatic carbocycles. The summed E-state index contributed by atoms with van der Waals surface area (Å²) in [7, 11) is 0. The number of hydrogen-bond donors (Lipinski definition) is 1. The van der Waals surface area contributed by atoms with E-state index in [2.05, 4.69) is 4.98 Å². The average Bonchev–Trinajstić information content (AvgIpc) is 2.66. The lowest BCUT2D eigenvalue weighted by Gasteiger charge is -1.98. The molecule has 2 aromatic rings. The minimum Gasteiger partial charge on any atom is -0.325 e. The standard InChI is InChI=1S/C10H8F2N2S/c11-6-1-2-8(9(12)3-6)10-14-7(4-13)5-15-10/h1-3,5H,4,13H2. The maximum Gasteiger partial charge on any atom is 0.136 e. The molecule has 0 unspecified atom stereocenters. The first-order valence-corrected chi connectivity index (χ1v) is 5.18. The van der Waals surface area contributed by atoms with Crippen LogP contribution in [-0.4, -0.2) is 4.98 Å². The first-order valence-electron chi connectivity index (χ1n) is 4.30. The van der Waals surface area contributed by atoms with E-state index < -0.39 is 11.6 Å². The number of thiazole rings is 1. The molecule has 1 heterocycles. The second-order valence-electron chi connectivity index (χ2n) is 2.97. The van der Waals surface area contributed by atoms with Crippen molar-refractivity contribution in [2.45, 2.75) is 6.54 Å². The molecule has 0 amide bonds. The summed E-state index contributed by atoms with van der Waals surface area (Å²) in [4.78, 5) is 4.12. The quantitative estimate of drug-likeness (QED) is 0.854. The van der Waals surface area contributed by atoms with Gasteiger partial charge < -0.3 is 5.73 Å². The molecular weight excluding hydrogens is 218 g/mol. The van der Waals surface area contributed by atoms with Crippen LogP contribution in [0.3, 0.4) is 0 Å². The van der Waals surface area contributed by atoms with E-state index in [0.717, 1.165) is 6.07 Å². The van der Waals surface area contributed by atoms with Gasteiger partial charge in [-0.25, -0.2) is 13.8 Å². The van der Waals surface area contributed by atoms with E-state index in [1.807, 2.05) is 0 Å². The van der Waals surface area contributed by atoms with Crippen molar-refractivity contribution in [3.05, 3.63) is 40.9 Å². The molecule has 0 fully saturated rings.